The van der Waals surface area contributed by atoms with E-state index in [1.54, 1.807) is 0 Å². The van der Waals surface area contributed by atoms with Crippen LogP contribution in [-0.2, 0) is 0 Å². The molecule has 3 aliphatic rings. The number of hydrogen-bond donors (Lipinski definition) is 0. The van der Waals surface area contributed by atoms with Crippen molar-refractivity contribution in [1.82, 2.24) is 9.80 Å². The Morgan fingerprint density at radius 3 is 2.06 bits per heavy atom. The monoisotopic (exact) mass is 250 g/mol. The second-order valence-corrected chi connectivity index (χ2v) is 7.20. The molecule has 2 heteroatoms. The van der Waals surface area contributed by atoms with E-state index < -0.39 is 0 Å². The molecule has 2 nitrogen and oxygen atoms in total. The fourth-order valence-corrected chi connectivity index (χ4v) is 4.55. The van der Waals surface area contributed by atoms with Crippen molar-refractivity contribution in [1.29, 1.82) is 0 Å². The molecule has 0 spiro atoms. The second kappa shape index (κ2) is 5.50. The van der Waals surface area contributed by atoms with Gasteiger partial charge in [-0.15, -0.1) is 0 Å². The van der Waals surface area contributed by atoms with Gasteiger partial charge in [-0.25, -0.2) is 0 Å². The molecule has 0 aromatic rings. The Kier molecular flexibility index (Phi) is 3.95. The summed E-state index contributed by atoms with van der Waals surface area (Å²) in [6.07, 6.45) is 10.2. The smallest absolute Gasteiger partial charge is 0.0125 e. The lowest BCUT2D eigenvalue weighted by atomic mass is 9.93. The molecular weight excluding hydrogens is 220 g/mol. The number of nitrogens with zero attached hydrogens (tertiary/aromatic N) is 2. The summed E-state index contributed by atoms with van der Waals surface area (Å²) in [5, 5.41) is 0. The van der Waals surface area contributed by atoms with Gasteiger partial charge in [0.15, 0.2) is 0 Å². The van der Waals surface area contributed by atoms with Crippen molar-refractivity contribution in [2.24, 2.45) is 5.92 Å². The second-order valence-electron chi connectivity index (χ2n) is 7.20. The predicted molar refractivity (Wildman–Crippen MR) is 76.8 cm³/mol. The lowest BCUT2D eigenvalue weighted by Crippen LogP contribution is -2.52. The lowest BCUT2D eigenvalue weighted by Gasteiger charge is -2.45. The van der Waals surface area contributed by atoms with Gasteiger partial charge in [0.1, 0.15) is 0 Å². The minimum atomic E-state index is 0.833. The van der Waals surface area contributed by atoms with Crippen LogP contribution in [0.5, 0.6) is 0 Å². The quantitative estimate of drug-likeness (QED) is 0.759. The van der Waals surface area contributed by atoms with Gasteiger partial charge in [-0.3, -0.25) is 4.90 Å². The third-order valence-corrected chi connectivity index (χ3v) is 5.34. The molecule has 2 bridgehead atoms. The fraction of sp³-hybridized carbons (Fsp3) is 1.00. The largest absolute Gasteiger partial charge is 0.300 e. The highest BCUT2D eigenvalue weighted by Crippen LogP contribution is 2.38. The Bertz CT molecular complexity index is 256. The van der Waals surface area contributed by atoms with Crippen molar-refractivity contribution in [2.75, 3.05) is 19.6 Å². The van der Waals surface area contributed by atoms with Crippen LogP contribution in [0, 0.1) is 5.92 Å². The van der Waals surface area contributed by atoms with Gasteiger partial charge in [0.05, 0.1) is 0 Å². The summed E-state index contributed by atoms with van der Waals surface area (Å²) >= 11 is 0. The van der Waals surface area contributed by atoms with E-state index >= 15 is 0 Å². The van der Waals surface area contributed by atoms with E-state index in [0.717, 1.165) is 24.0 Å². The molecule has 0 amide bonds. The Morgan fingerprint density at radius 1 is 0.889 bits per heavy atom. The molecule has 18 heavy (non-hydrogen) atoms. The highest BCUT2D eigenvalue weighted by molar-refractivity contribution is 4.98. The summed E-state index contributed by atoms with van der Waals surface area (Å²) in [5.41, 5.74) is 0. The topological polar surface area (TPSA) is 6.48 Å². The highest BCUT2D eigenvalue weighted by Gasteiger charge is 2.42. The number of likely N-dealkylation sites (tertiary alicyclic amines) is 1. The molecule has 0 aromatic carbocycles. The Hall–Kier alpha value is -0.0800. The number of hydrogen-bond acceptors (Lipinski definition) is 2. The minimum Gasteiger partial charge on any atom is -0.300 e. The molecule has 3 aliphatic heterocycles. The molecule has 0 aromatic heterocycles. The molecule has 0 aliphatic carbocycles. The first kappa shape index (κ1) is 12.9. The first-order chi connectivity index (χ1) is 8.74. The maximum Gasteiger partial charge on any atom is 0.0125 e. The van der Waals surface area contributed by atoms with Gasteiger partial charge in [-0.05, 0) is 57.5 Å². The molecule has 3 fully saturated rings. The van der Waals surface area contributed by atoms with Crippen LogP contribution in [0.15, 0.2) is 0 Å². The Morgan fingerprint density at radius 2 is 1.50 bits per heavy atom. The molecule has 3 saturated heterocycles. The summed E-state index contributed by atoms with van der Waals surface area (Å²) in [6.45, 7) is 8.84. The fourth-order valence-electron chi connectivity index (χ4n) is 4.55. The van der Waals surface area contributed by atoms with Gasteiger partial charge in [-0.2, -0.15) is 0 Å². The summed E-state index contributed by atoms with van der Waals surface area (Å²) < 4.78 is 0. The Balaban J connectivity index is 1.60. The van der Waals surface area contributed by atoms with Crippen LogP contribution in [0.4, 0.5) is 0 Å². The first-order valence-corrected chi connectivity index (χ1v) is 8.24. The zero-order chi connectivity index (χ0) is 12.5. The molecule has 0 saturated carbocycles. The van der Waals surface area contributed by atoms with E-state index in [1.807, 2.05) is 0 Å². The van der Waals surface area contributed by atoms with Crippen LogP contribution >= 0.6 is 0 Å². The van der Waals surface area contributed by atoms with E-state index in [4.69, 9.17) is 0 Å². The van der Waals surface area contributed by atoms with Crippen molar-refractivity contribution in [3.05, 3.63) is 0 Å². The SMILES string of the molecule is CC(C)CN1C2CCC1CC(N1CCCCC1)C2. The molecule has 3 heterocycles. The third kappa shape index (κ3) is 2.60. The maximum atomic E-state index is 2.85. The van der Waals surface area contributed by atoms with Gasteiger partial charge in [0.25, 0.3) is 0 Å². The van der Waals surface area contributed by atoms with Crippen LogP contribution in [0.1, 0.15) is 58.8 Å². The van der Waals surface area contributed by atoms with Crippen LogP contribution < -0.4 is 0 Å². The molecule has 3 rings (SSSR count). The van der Waals surface area contributed by atoms with Gasteiger partial charge in [0.2, 0.25) is 0 Å². The van der Waals surface area contributed by atoms with Crippen molar-refractivity contribution in [3.63, 3.8) is 0 Å². The zero-order valence-corrected chi connectivity index (χ0v) is 12.3. The van der Waals surface area contributed by atoms with E-state index in [1.165, 1.54) is 64.6 Å². The molecule has 0 N–H and O–H groups in total. The van der Waals surface area contributed by atoms with Crippen LogP contribution in [-0.4, -0.2) is 47.6 Å². The van der Waals surface area contributed by atoms with E-state index in [9.17, 15) is 0 Å². The summed E-state index contributed by atoms with van der Waals surface area (Å²) in [4.78, 5) is 5.67. The third-order valence-electron chi connectivity index (χ3n) is 5.34. The standard InChI is InChI=1S/C16H30N2/c1-13(2)12-18-14-6-7-15(18)11-16(10-14)17-8-4-3-5-9-17/h13-16H,3-12H2,1-2H3. The molecule has 2 unspecified atom stereocenters. The molecular formula is C16H30N2. The van der Waals surface area contributed by atoms with Crippen molar-refractivity contribution in [2.45, 2.75) is 76.9 Å². The maximum absolute atomic E-state index is 2.85. The van der Waals surface area contributed by atoms with E-state index in [0.29, 0.717) is 0 Å². The lowest BCUT2D eigenvalue weighted by molar-refractivity contribution is 0.0431. The van der Waals surface area contributed by atoms with Crippen LogP contribution in [0.3, 0.4) is 0 Å². The van der Waals surface area contributed by atoms with Gasteiger partial charge < -0.3 is 4.90 Å². The molecule has 2 atom stereocenters. The number of fused-ring (bicyclic) bond motifs is 2. The Labute approximate surface area is 113 Å². The van der Waals surface area contributed by atoms with E-state index in [2.05, 4.69) is 23.6 Å². The first-order valence-electron chi connectivity index (χ1n) is 8.24. The minimum absolute atomic E-state index is 0.833. The number of rotatable bonds is 3. The number of piperidine rings is 2. The summed E-state index contributed by atoms with van der Waals surface area (Å²) in [7, 11) is 0. The van der Waals surface area contributed by atoms with Gasteiger partial charge in [-0.1, -0.05) is 20.3 Å². The van der Waals surface area contributed by atoms with Crippen molar-refractivity contribution in [3.8, 4) is 0 Å². The van der Waals surface area contributed by atoms with Crippen LogP contribution in [0.25, 0.3) is 0 Å². The van der Waals surface area contributed by atoms with Crippen molar-refractivity contribution < 1.29 is 0 Å². The average molecular weight is 250 g/mol. The zero-order valence-electron chi connectivity index (χ0n) is 12.3. The van der Waals surface area contributed by atoms with Gasteiger partial charge in [0, 0.05) is 24.7 Å². The predicted octanol–water partition coefficient (Wildman–Crippen LogP) is 3.12. The van der Waals surface area contributed by atoms with Crippen molar-refractivity contribution >= 4 is 0 Å². The normalized spacial score (nSPS) is 38.5. The summed E-state index contributed by atoms with van der Waals surface area (Å²) in [5.74, 6) is 0.833. The van der Waals surface area contributed by atoms with Crippen LogP contribution in [0.2, 0.25) is 0 Å². The highest BCUT2D eigenvalue weighted by atomic mass is 15.3. The average Bonchev–Trinajstić information content (AvgIpc) is 2.62. The van der Waals surface area contributed by atoms with E-state index in [-0.39, 0.29) is 0 Å². The molecule has 0 radical (unpaired) electrons. The summed E-state index contributed by atoms with van der Waals surface area (Å²) in [6, 6.07) is 2.75. The van der Waals surface area contributed by atoms with Gasteiger partial charge >= 0.3 is 0 Å². The molecule has 104 valence electrons.